The van der Waals surface area contributed by atoms with Gasteiger partial charge in [0.25, 0.3) is 0 Å². The predicted molar refractivity (Wildman–Crippen MR) is 145 cm³/mol. The number of rotatable bonds is 2. The molecule has 7 aromatic rings. The number of hydrogen-bond donors (Lipinski definition) is 0. The summed E-state index contributed by atoms with van der Waals surface area (Å²) < 4.78 is 4.30. The van der Waals surface area contributed by atoms with E-state index in [1.165, 1.54) is 21.8 Å². The van der Waals surface area contributed by atoms with E-state index in [0.29, 0.717) is 5.15 Å². The highest BCUT2D eigenvalue weighted by molar-refractivity contribution is 7.26. The summed E-state index contributed by atoms with van der Waals surface area (Å²) in [5.41, 5.74) is 6.60. The first-order valence-electron chi connectivity index (χ1n) is 10.8. The number of nitrogens with zero attached hydrogens (tertiary/aromatic N) is 3. The van der Waals surface area contributed by atoms with Crippen LogP contribution < -0.4 is 0 Å². The summed E-state index contributed by atoms with van der Waals surface area (Å²) >= 11 is 14.0. The van der Waals surface area contributed by atoms with Crippen LogP contribution in [0, 0.1) is 0 Å². The Morgan fingerprint density at radius 1 is 0.647 bits per heavy atom. The van der Waals surface area contributed by atoms with Crippen LogP contribution in [0.2, 0.25) is 10.4 Å². The maximum Gasteiger partial charge on any atom is 0.224 e. The van der Waals surface area contributed by atoms with Crippen molar-refractivity contribution in [1.29, 1.82) is 0 Å². The molecule has 0 aliphatic rings. The molecule has 34 heavy (non-hydrogen) atoms. The van der Waals surface area contributed by atoms with Crippen LogP contribution in [-0.4, -0.2) is 14.5 Å². The summed E-state index contributed by atoms with van der Waals surface area (Å²) in [7, 11) is 0. The number of hydrogen-bond acceptors (Lipinski definition) is 3. The van der Waals surface area contributed by atoms with E-state index in [0.717, 1.165) is 37.1 Å². The van der Waals surface area contributed by atoms with Gasteiger partial charge >= 0.3 is 0 Å². The molecule has 3 heterocycles. The Labute approximate surface area is 208 Å². The minimum Gasteiger partial charge on any atom is -0.309 e. The van der Waals surface area contributed by atoms with E-state index in [1.54, 1.807) is 11.3 Å². The summed E-state index contributed by atoms with van der Waals surface area (Å²) in [5, 5.41) is 4.05. The van der Waals surface area contributed by atoms with Crippen molar-refractivity contribution < 1.29 is 0 Å². The lowest BCUT2D eigenvalue weighted by Gasteiger charge is -2.08. The lowest BCUT2D eigenvalue weighted by atomic mass is 10.0. The average Bonchev–Trinajstić information content (AvgIpc) is 3.40. The number of para-hydroxylation sites is 2. The number of fused-ring (bicyclic) bond motifs is 6. The third-order valence-electron chi connectivity index (χ3n) is 6.26. The van der Waals surface area contributed by atoms with Gasteiger partial charge in [-0.1, -0.05) is 60.1 Å². The zero-order chi connectivity index (χ0) is 22.8. The molecule has 0 fully saturated rings. The minimum atomic E-state index is 0.165. The molecule has 0 bridgehead atoms. The highest BCUT2D eigenvalue weighted by Gasteiger charge is 2.15. The Morgan fingerprint density at radius 2 is 1.35 bits per heavy atom. The monoisotopic (exact) mass is 495 g/mol. The Bertz CT molecular complexity index is 1890. The molecule has 0 amide bonds. The van der Waals surface area contributed by atoms with Gasteiger partial charge < -0.3 is 4.57 Å². The normalized spacial score (nSPS) is 11.8. The third-order valence-corrected chi connectivity index (χ3v) is 7.99. The van der Waals surface area contributed by atoms with Crippen molar-refractivity contribution in [3.8, 4) is 16.8 Å². The molecule has 162 valence electrons. The van der Waals surface area contributed by atoms with E-state index in [2.05, 4.69) is 99.5 Å². The average molecular weight is 496 g/mol. The lowest BCUT2D eigenvalue weighted by Crippen LogP contribution is -1.92. The molecule has 0 saturated carbocycles. The Kier molecular flexibility index (Phi) is 4.43. The van der Waals surface area contributed by atoms with Gasteiger partial charge in [0.1, 0.15) is 0 Å². The van der Waals surface area contributed by atoms with Gasteiger partial charge in [0, 0.05) is 26.5 Å². The minimum absolute atomic E-state index is 0.165. The smallest absolute Gasteiger partial charge is 0.224 e. The standard InChI is InChI=1S/C28H15Cl2N3S/c29-27-26-25(31-28(30)32-27)21-15-17(11-13-24(21)34-26)16-10-12-23-20(14-16)19-8-4-5-9-22(19)33(23)18-6-2-1-3-7-18/h1-15H. The largest absolute Gasteiger partial charge is 0.309 e. The number of aromatic nitrogens is 3. The van der Waals surface area contributed by atoms with E-state index in [9.17, 15) is 0 Å². The SMILES string of the molecule is Clc1nc(Cl)c2sc3ccc(-c4ccc5c(c4)c4ccccc4n5-c4ccccc4)cc3c2n1. The number of thiophene rings is 1. The van der Waals surface area contributed by atoms with Crippen molar-refractivity contribution in [3.63, 3.8) is 0 Å². The summed E-state index contributed by atoms with van der Waals surface area (Å²) in [6, 6.07) is 32.2. The molecule has 0 spiro atoms. The van der Waals surface area contributed by atoms with Gasteiger partial charge in [0.2, 0.25) is 5.28 Å². The van der Waals surface area contributed by atoms with Crippen LogP contribution in [0.4, 0.5) is 0 Å². The number of benzene rings is 4. The molecule has 3 nitrogen and oxygen atoms in total. The second-order valence-electron chi connectivity index (χ2n) is 8.19. The summed E-state index contributed by atoms with van der Waals surface area (Å²) in [5.74, 6) is 0. The van der Waals surface area contributed by atoms with Crippen LogP contribution in [0.3, 0.4) is 0 Å². The van der Waals surface area contributed by atoms with Gasteiger partial charge in [0.15, 0.2) is 5.15 Å². The molecule has 4 aromatic carbocycles. The van der Waals surface area contributed by atoms with Gasteiger partial charge in [-0.2, -0.15) is 0 Å². The van der Waals surface area contributed by atoms with E-state index < -0.39 is 0 Å². The summed E-state index contributed by atoms with van der Waals surface area (Å²) in [4.78, 5) is 8.56. The van der Waals surface area contributed by atoms with Crippen molar-refractivity contribution in [2.24, 2.45) is 0 Å². The van der Waals surface area contributed by atoms with Crippen LogP contribution in [0.15, 0.2) is 91.0 Å². The molecule has 0 aliphatic heterocycles. The first-order valence-corrected chi connectivity index (χ1v) is 12.4. The van der Waals surface area contributed by atoms with Gasteiger partial charge in [-0.05, 0) is 65.2 Å². The first kappa shape index (κ1) is 20.0. The predicted octanol–water partition coefficient (Wildman–Crippen LogP) is 8.92. The third kappa shape index (κ3) is 2.96. The van der Waals surface area contributed by atoms with E-state index in [-0.39, 0.29) is 5.28 Å². The number of halogens is 2. The molecule has 6 heteroatoms. The van der Waals surface area contributed by atoms with E-state index in [4.69, 9.17) is 23.2 Å². The first-order chi connectivity index (χ1) is 16.7. The molecule has 3 aromatic heterocycles. The maximum atomic E-state index is 6.34. The zero-order valence-electron chi connectivity index (χ0n) is 17.7. The van der Waals surface area contributed by atoms with Crippen LogP contribution in [0.1, 0.15) is 0 Å². The molecule has 0 saturated heterocycles. The van der Waals surface area contributed by atoms with Crippen molar-refractivity contribution >= 4 is 76.6 Å². The van der Waals surface area contributed by atoms with Crippen LogP contribution in [0.25, 0.3) is 58.9 Å². The van der Waals surface area contributed by atoms with Gasteiger partial charge in [-0.3, -0.25) is 0 Å². The fourth-order valence-electron chi connectivity index (χ4n) is 4.77. The van der Waals surface area contributed by atoms with Gasteiger partial charge in [-0.15, -0.1) is 11.3 Å². The highest BCUT2D eigenvalue weighted by Crippen LogP contribution is 2.40. The lowest BCUT2D eigenvalue weighted by molar-refractivity contribution is 1.18. The van der Waals surface area contributed by atoms with Crippen molar-refractivity contribution in [2.75, 3.05) is 0 Å². The molecule has 7 rings (SSSR count). The second kappa shape index (κ2) is 7.54. The zero-order valence-corrected chi connectivity index (χ0v) is 20.0. The molecule has 0 atom stereocenters. The molecule has 0 radical (unpaired) electrons. The second-order valence-corrected chi connectivity index (χ2v) is 9.94. The van der Waals surface area contributed by atoms with Gasteiger partial charge in [-0.25, -0.2) is 9.97 Å². The highest BCUT2D eigenvalue weighted by atomic mass is 35.5. The Hall–Kier alpha value is -3.44. The summed E-state index contributed by atoms with van der Waals surface area (Å²) in [6.07, 6.45) is 0. The van der Waals surface area contributed by atoms with Crippen molar-refractivity contribution in [3.05, 3.63) is 101 Å². The summed E-state index contributed by atoms with van der Waals surface area (Å²) in [6.45, 7) is 0. The van der Waals surface area contributed by atoms with Crippen LogP contribution in [0.5, 0.6) is 0 Å². The van der Waals surface area contributed by atoms with Crippen molar-refractivity contribution in [2.45, 2.75) is 0 Å². The topological polar surface area (TPSA) is 30.7 Å². The van der Waals surface area contributed by atoms with Crippen molar-refractivity contribution in [1.82, 2.24) is 14.5 Å². The van der Waals surface area contributed by atoms with Crippen LogP contribution in [-0.2, 0) is 0 Å². The fourth-order valence-corrected chi connectivity index (χ4v) is 6.27. The molecule has 0 unspecified atom stereocenters. The van der Waals surface area contributed by atoms with E-state index >= 15 is 0 Å². The Morgan fingerprint density at radius 3 is 2.21 bits per heavy atom. The van der Waals surface area contributed by atoms with Crippen LogP contribution >= 0.6 is 34.5 Å². The van der Waals surface area contributed by atoms with E-state index in [1.807, 2.05) is 6.07 Å². The molecular formula is C28H15Cl2N3S. The molecule has 0 N–H and O–H groups in total. The maximum absolute atomic E-state index is 6.34. The van der Waals surface area contributed by atoms with Gasteiger partial charge in [0.05, 0.1) is 21.3 Å². The Balaban J connectivity index is 1.48. The molecular weight excluding hydrogens is 481 g/mol. The quantitative estimate of drug-likeness (QED) is 0.177. The fraction of sp³-hybridized carbons (Fsp3) is 0. The molecule has 0 aliphatic carbocycles.